The fourth-order valence-electron chi connectivity index (χ4n) is 2.72. The fraction of sp³-hybridized carbons (Fsp3) is 0.562. The number of carbonyl (C=O) groups excluding carboxylic acids is 1. The summed E-state index contributed by atoms with van der Waals surface area (Å²) in [5, 5.41) is 4.05. The van der Waals surface area contributed by atoms with Crippen molar-refractivity contribution in [3.05, 3.63) is 34.9 Å². The first-order valence-corrected chi connectivity index (χ1v) is 7.68. The standard InChI is InChI=1S/C16H23ClN2O/c1-12(14-5-3-4-6-15(14)17)19(2)16(20)11-13-7-9-18-10-8-13/h3-6,12-13,18H,7-11H2,1-2H3/t12-/m0/s1. The number of halogens is 1. The summed E-state index contributed by atoms with van der Waals surface area (Å²) < 4.78 is 0. The molecule has 20 heavy (non-hydrogen) atoms. The van der Waals surface area contributed by atoms with Crippen molar-refractivity contribution in [2.24, 2.45) is 5.92 Å². The molecule has 1 heterocycles. The Bertz CT molecular complexity index is 458. The molecule has 1 aliphatic heterocycles. The first-order chi connectivity index (χ1) is 9.59. The number of amides is 1. The molecule has 1 fully saturated rings. The van der Waals surface area contributed by atoms with Crippen molar-refractivity contribution in [1.29, 1.82) is 0 Å². The van der Waals surface area contributed by atoms with Crippen LogP contribution in [0.15, 0.2) is 24.3 Å². The monoisotopic (exact) mass is 294 g/mol. The molecule has 1 amide bonds. The van der Waals surface area contributed by atoms with Crippen LogP contribution in [0.25, 0.3) is 0 Å². The van der Waals surface area contributed by atoms with Gasteiger partial charge in [-0.25, -0.2) is 0 Å². The third-order valence-electron chi connectivity index (χ3n) is 4.25. The van der Waals surface area contributed by atoms with E-state index in [1.807, 2.05) is 43.1 Å². The summed E-state index contributed by atoms with van der Waals surface area (Å²) in [6, 6.07) is 7.75. The number of rotatable bonds is 4. The summed E-state index contributed by atoms with van der Waals surface area (Å²) in [7, 11) is 1.87. The minimum Gasteiger partial charge on any atom is -0.339 e. The van der Waals surface area contributed by atoms with Crippen LogP contribution in [0, 0.1) is 5.92 Å². The molecule has 0 bridgehead atoms. The second kappa shape index (κ2) is 7.09. The molecular formula is C16H23ClN2O. The number of piperidine rings is 1. The van der Waals surface area contributed by atoms with Crippen LogP contribution >= 0.6 is 11.6 Å². The van der Waals surface area contributed by atoms with E-state index in [2.05, 4.69) is 5.32 Å². The largest absolute Gasteiger partial charge is 0.339 e. The zero-order valence-corrected chi connectivity index (χ0v) is 13.0. The van der Waals surface area contributed by atoms with Gasteiger partial charge in [-0.05, 0) is 50.4 Å². The quantitative estimate of drug-likeness (QED) is 0.924. The second-order valence-electron chi connectivity index (χ2n) is 5.60. The minimum atomic E-state index is 0.0120. The highest BCUT2D eigenvalue weighted by atomic mass is 35.5. The van der Waals surface area contributed by atoms with E-state index in [-0.39, 0.29) is 11.9 Å². The number of nitrogens with zero attached hydrogens (tertiary/aromatic N) is 1. The third-order valence-corrected chi connectivity index (χ3v) is 4.60. The lowest BCUT2D eigenvalue weighted by molar-refractivity contribution is -0.133. The van der Waals surface area contributed by atoms with Crippen LogP contribution in [0.5, 0.6) is 0 Å². The van der Waals surface area contributed by atoms with Crippen LogP contribution in [-0.2, 0) is 4.79 Å². The van der Waals surface area contributed by atoms with Gasteiger partial charge in [0.15, 0.2) is 0 Å². The zero-order chi connectivity index (χ0) is 14.5. The molecule has 4 heteroatoms. The van der Waals surface area contributed by atoms with Gasteiger partial charge in [0.05, 0.1) is 6.04 Å². The summed E-state index contributed by atoms with van der Waals surface area (Å²) in [6.07, 6.45) is 2.84. The zero-order valence-electron chi connectivity index (χ0n) is 12.2. The molecule has 0 aromatic heterocycles. The van der Waals surface area contributed by atoms with E-state index < -0.39 is 0 Å². The normalized spacial score (nSPS) is 17.8. The Morgan fingerprint density at radius 1 is 1.40 bits per heavy atom. The molecule has 1 saturated heterocycles. The highest BCUT2D eigenvalue weighted by Crippen LogP contribution is 2.27. The number of nitrogens with one attached hydrogen (secondary N) is 1. The lowest BCUT2D eigenvalue weighted by Gasteiger charge is -2.29. The van der Waals surface area contributed by atoms with Gasteiger partial charge in [-0.3, -0.25) is 4.79 Å². The van der Waals surface area contributed by atoms with Gasteiger partial charge in [0.2, 0.25) is 5.91 Å². The van der Waals surface area contributed by atoms with Crippen LogP contribution in [0.4, 0.5) is 0 Å². The van der Waals surface area contributed by atoms with Crippen LogP contribution in [0.2, 0.25) is 5.02 Å². The summed E-state index contributed by atoms with van der Waals surface area (Å²) in [6.45, 7) is 4.09. The molecule has 1 aromatic carbocycles. The second-order valence-corrected chi connectivity index (χ2v) is 6.01. The van der Waals surface area contributed by atoms with Gasteiger partial charge in [0, 0.05) is 18.5 Å². The van der Waals surface area contributed by atoms with Crippen LogP contribution < -0.4 is 5.32 Å². The number of hydrogen-bond acceptors (Lipinski definition) is 2. The van der Waals surface area contributed by atoms with Crippen LogP contribution in [0.1, 0.15) is 37.8 Å². The van der Waals surface area contributed by atoms with Gasteiger partial charge in [-0.1, -0.05) is 29.8 Å². The fourth-order valence-corrected chi connectivity index (χ4v) is 3.01. The van der Waals surface area contributed by atoms with Crippen LogP contribution in [0.3, 0.4) is 0 Å². The maximum atomic E-state index is 12.4. The maximum absolute atomic E-state index is 12.4. The minimum absolute atomic E-state index is 0.0120. The maximum Gasteiger partial charge on any atom is 0.223 e. The Kier molecular flexibility index (Phi) is 5.44. The predicted molar refractivity (Wildman–Crippen MR) is 82.8 cm³/mol. The van der Waals surface area contributed by atoms with Gasteiger partial charge < -0.3 is 10.2 Å². The van der Waals surface area contributed by atoms with Gasteiger partial charge in [-0.15, -0.1) is 0 Å². The van der Waals surface area contributed by atoms with Gasteiger partial charge in [0.25, 0.3) is 0 Å². The topological polar surface area (TPSA) is 32.3 Å². The molecule has 1 N–H and O–H groups in total. The highest BCUT2D eigenvalue weighted by Gasteiger charge is 2.23. The average molecular weight is 295 g/mol. The van der Waals surface area contributed by atoms with Crippen molar-refractivity contribution in [3.63, 3.8) is 0 Å². The smallest absolute Gasteiger partial charge is 0.223 e. The molecule has 110 valence electrons. The van der Waals surface area contributed by atoms with Crippen LogP contribution in [-0.4, -0.2) is 30.9 Å². The lowest BCUT2D eigenvalue weighted by Crippen LogP contribution is -2.34. The lowest BCUT2D eigenvalue weighted by atomic mass is 9.93. The molecule has 1 aliphatic rings. The summed E-state index contributed by atoms with van der Waals surface area (Å²) in [4.78, 5) is 14.2. The van der Waals surface area contributed by atoms with E-state index in [1.54, 1.807) is 0 Å². The number of benzene rings is 1. The molecule has 1 aromatic rings. The molecule has 2 rings (SSSR count). The van der Waals surface area contributed by atoms with Gasteiger partial charge in [0.1, 0.15) is 0 Å². The van der Waals surface area contributed by atoms with E-state index in [0.717, 1.165) is 36.5 Å². The summed E-state index contributed by atoms with van der Waals surface area (Å²) in [5.41, 5.74) is 1.01. The Morgan fingerprint density at radius 3 is 2.70 bits per heavy atom. The molecule has 0 aliphatic carbocycles. The first-order valence-electron chi connectivity index (χ1n) is 7.30. The van der Waals surface area contributed by atoms with Crippen molar-refractivity contribution >= 4 is 17.5 Å². The molecule has 1 atom stereocenters. The van der Waals surface area contributed by atoms with Crippen molar-refractivity contribution in [3.8, 4) is 0 Å². The SMILES string of the molecule is C[C@@H](c1ccccc1Cl)N(C)C(=O)CC1CCNCC1. The molecule has 0 spiro atoms. The highest BCUT2D eigenvalue weighted by molar-refractivity contribution is 6.31. The Morgan fingerprint density at radius 2 is 2.05 bits per heavy atom. The summed E-state index contributed by atoms with van der Waals surface area (Å²) >= 11 is 6.21. The van der Waals surface area contributed by atoms with E-state index >= 15 is 0 Å². The van der Waals surface area contributed by atoms with Crippen molar-refractivity contribution in [2.75, 3.05) is 20.1 Å². The Labute approximate surface area is 126 Å². The molecular weight excluding hydrogens is 272 g/mol. The van der Waals surface area contributed by atoms with Crippen molar-refractivity contribution in [1.82, 2.24) is 10.2 Å². The van der Waals surface area contributed by atoms with E-state index in [1.165, 1.54) is 0 Å². The van der Waals surface area contributed by atoms with Crippen molar-refractivity contribution in [2.45, 2.75) is 32.2 Å². The van der Waals surface area contributed by atoms with E-state index in [4.69, 9.17) is 11.6 Å². The molecule has 3 nitrogen and oxygen atoms in total. The first kappa shape index (κ1) is 15.3. The van der Waals surface area contributed by atoms with Crippen molar-refractivity contribution < 1.29 is 4.79 Å². The number of carbonyl (C=O) groups is 1. The molecule has 0 radical (unpaired) electrons. The van der Waals surface area contributed by atoms with Gasteiger partial charge >= 0.3 is 0 Å². The molecule has 0 saturated carbocycles. The number of hydrogen-bond donors (Lipinski definition) is 1. The predicted octanol–water partition coefficient (Wildman–Crippen LogP) is 3.25. The third kappa shape index (κ3) is 3.74. The Balaban J connectivity index is 1.97. The average Bonchev–Trinajstić information content (AvgIpc) is 2.47. The van der Waals surface area contributed by atoms with Gasteiger partial charge in [-0.2, -0.15) is 0 Å². The van der Waals surface area contributed by atoms with E-state index in [9.17, 15) is 4.79 Å². The van der Waals surface area contributed by atoms with E-state index in [0.29, 0.717) is 12.3 Å². The molecule has 0 unspecified atom stereocenters. The summed E-state index contributed by atoms with van der Waals surface area (Å²) in [5.74, 6) is 0.731. The Hall–Kier alpha value is -1.06.